The number of carbonyl (C=O) groups is 1. The van der Waals surface area contributed by atoms with Crippen molar-refractivity contribution in [3.05, 3.63) is 29.8 Å². The zero-order valence-electron chi connectivity index (χ0n) is 17.4. The number of hydrogen-bond donors (Lipinski definition) is 1. The Hall–Kier alpha value is -2.90. The molecule has 3 fully saturated rings. The van der Waals surface area contributed by atoms with Gasteiger partial charge in [0.25, 0.3) is 0 Å². The molecule has 3 aliphatic rings. The first kappa shape index (κ1) is 19.1. The van der Waals surface area contributed by atoms with Crippen LogP contribution in [0.25, 0.3) is 0 Å². The predicted molar refractivity (Wildman–Crippen MR) is 118 cm³/mol. The van der Waals surface area contributed by atoms with E-state index >= 15 is 0 Å². The molecule has 4 heterocycles. The van der Waals surface area contributed by atoms with Crippen LogP contribution in [0.5, 0.6) is 0 Å². The lowest BCUT2D eigenvalue weighted by Crippen LogP contribution is -2.26. The van der Waals surface area contributed by atoms with Crippen LogP contribution in [0, 0.1) is 0 Å². The Morgan fingerprint density at radius 2 is 1.37 bits per heavy atom. The molecular formula is C22H29N7O. The molecule has 3 saturated heterocycles. The summed E-state index contributed by atoms with van der Waals surface area (Å²) in [5.74, 6) is 2.42. The van der Waals surface area contributed by atoms with Crippen molar-refractivity contribution < 1.29 is 4.79 Å². The summed E-state index contributed by atoms with van der Waals surface area (Å²) in [5.41, 5.74) is 2.12. The van der Waals surface area contributed by atoms with E-state index in [1.165, 1.54) is 25.7 Å². The van der Waals surface area contributed by atoms with Crippen molar-refractivity contribution in [2.45, 2.75) is 45.1 Å². The maximum atomic E-state index is 11.9. The molecule has 8 heteroatoms. The molecular weight excluding hydrogens is 378 g/mol. The van der Waals surface area contributed by atoms with Gasteiger partial charge < -0.3 is 20.0 Å². The highest BCUT2D eigenvalue weighted by Crippen LogP contribution is 2.24. The fraction of sp³-hybridized carbons (Fsp3) is 0.545. The minimum Gasteiger partial charge on any atom is -0.350 e. The minimum absolute atomic E-state index is 0.218. The average Bonchev–Trinajstić information content (AvgIpc) is 3.55. The third kappa shape index (κ3) is 4.04. The average molecular weight is 408 g/mol. The van der Waals surface area contributed by atoms with E-state index in [9.17, 15) is 4.79 Å². The van der Waals surface area contributed by atoms with Crippen LogP contribution in [0.1, 0.15) is 44.1 Å². The van der Waals surface area contributed by atoms with Crippen LogP contribution in [0.15, 0.2) is 24.3 Å². The first-order valence-corrected chi connectivity index (χ1v) is 11.2. The number of benzene rings is 1. The molecule has 0 spiro atoms. The molecule has 1 aromatic heterocycles. The van der Waals surface area contributed by atoms with Crippen LogP contribution in [0.2, 0.25) is 0 Å². The van der Waals surface area contributed by atoms with Gasteiger partial charge in [-0.05, 0) is 49.8 Å². The van der Waals surface area contributed by atoms with E-state index in [2.05, 4.69) is 27.2 Å². The van der Waals surface area contributed by atoms with Crippen LogP contribution in [0.3, 0.4) is 0 Å². The lowest BCUT2D eigenvalue weighted by Gasteiger charge is -2.21. The third-order valence-corrected chi connectivity index (χ3v) is 6.16. The number of hydrogen-bond acceptors (Lipinski definition) is 7. The maximum absolute atomic E-state index is 11.9. The Balaban J connectivity index is 1.30. The highest BCUT2D eigenvalue weighted by molar-refractivity contribution is 5.95. The molecule has 158 valence electrons. The van der Waals surface area contributed by atoms with Crippen LogP contribution in [-0.4, -0.2) is 53.6 Å². The van der Waals surface area contributed by atoms with E-state index in [-0.39, 0.29) is 5.91 Å². The topological polar surface area (TPSA) is 77.5 Å². The molecule has 1 N–H and O–H groups in total. The fourth-order valence-electron chi connectivity index (χ4n) is 4.45. The summed E-state index contributed by atoms with van der Waals surface area (Å²) in [6.07, 6.45) is 6.37. The standard InChI is InChI=1S/C22H29N7O/c30-19-6-5-15-29(19)18-9-7-17(8-10-18)16-23-20-24-21(27-11-1-2-12-27)26-22(25-20)28-13-3-4-14-28/h7-10H,1-6,11-16H2,(H,23,24,25,26). The summed E-state index contributed by atoms with van der Waals surface area (Å²) in [5, 5.41) is 3.39. The zero-order chi connectivity index (χ0) is 20.3. The molecule has 0 aliphatic carbocycles. The lowest BCUT2D eigenvalue weighted by molar-refractivity contribution is -0.117. The molecule has 8 nitrogen and oxygen atoms in total. The van der Waals surface area contributed by atoms with Crippen molar-refractivity contribution in [3.8, 4) is 0 Å². The number of amides is 1. The first-order chi connectivity index (χ1) is 14.8. The summed E-state index contributed by atoms with van der Waals surface area (Å²) in [6, 6.07) is 8.19. The predicted octanol–water partition coefficient (Wildman–Crippen LogP) is 2.81. The highest BCUT2D eigenvalue weighted by atomic mass is 16.2. The third-order valence-electron chi connectivity index (χ3n) is 6.16. The molecule has 0 saturated carbocycles. The lowest BCUT2D eigenvalue weighted by atomic mass is 10.2. The summed E-state index contributed by atoms with van der Waals surface area (Å²) in [4.78, 5) is 32.5. The number of nitrogens with zero attached hydrogens (tertiary/aromatic N) is 6. The Labute approximate surface area is 177 Å². The molecule has 0 atom stereocenters. The smallest absolute Gasteiger partial charge is 0.231 e. The summed E-state index contributed by atoms with van der Waals surface area (Å²) >= 11 is 0. The van der Waals surface area contributed by atoms with Gasteiger partial charge in [0.05, 0.1) is 0 Å². The van der Waals surface area contributed by atoms with E-state index < -0.39 is 0 Å². The summed E-state index contributed by atoms with van der Waals surface area (Å²) in [6.45, 7) is 5.51. The second-order valence-corrected chi connectivity index (χ2v) is 8.32. The number of rotatable bonds is 6. The molecule has 30 heavy (non-hydrogen) atoms. The zero-order valence-corrected chi connectivity index (χ0v) is 17.4. The molecule has 0 unspecified atom stereocenters. The van der Waals surface area contributed by atoms with Crippen LogP contribution >= 0.6 is 0 Å². The van der Waals surface area contributed by atoms with Gasteiger partial charge in [-0.15, -0.1) is 0 Å². The number of carbonyl (C=O) groups excluding carboxylic acids is 1. The van der Waals surface area contributed by atoms with E-state index in [4.69, 9.17) is 15.0 Å². The van der Waals surface area contributed by atoms with E-state index in [0.717, 1.165) is 62.3 Å². The first-order valence-electron chi connectivity index (χ1n) is 11.2. The second-order valence-electron chi connectivity index (χ2n) is 8.32. The second kappa shape index (κ2) is 8.45. The molecule has 3 aliphatic heterocycles. The van der Waals surface area contributed by atoms with Gasteiger partial charge >= 0.3 is 0 Å². The van der Waals surface area contributed by atoms with Crippen molar-refractivity contribution >= 4 is 29.4 Å². The molecule has 0 bridgehead atoms. The largest absolute Gasteiger partial charge is 0.350 e. The van der Waals surface area contributed by atoms with Crippen molar-refractivity contribution in [1.82, 2.24) is 15.0 Å². The molecule has 1 aromatic carbocycles. The van der Waals surface area contributed by atoms with Crippen molar-refractivity contribution in [1.29, 1.82) is 0 Å². The van der Waals surface area contributed by atoms with Gasteiger partial charge in [0.1, 0.15) is 0 Å². The van der Waals surface area contributed by atoms with Crippen molar-refractivity contribution in [2.75, 3.05) is 52.7 Å². The van der Waals surface area contributed by atoms with Gasteiger partial charge in [-0.1, -0.05) is 12.1 Å². The van der Waals surface area contributed by atoms with Gasteiger partial charge in [0, 0.05) is 51.4 Å². The van der Waals surface area contributed by atoms with Gasteiger partial charge in [-0.2, -0.15) is 15.0 Å². The van der Waals surface area contributed by atoms with Gasteiger partial charge in [0.2, 0.25) is 23.8 Å². The maximum Gasteiger partial charge on any atom is 0.231 e. The van der Waals surface area contributed by atoms with Gasteiger partial charge in [-0.3, -0.25) is 4.79 Å². The van der Waals surface area contributed by atoms with Crippen molar-refractivity contribution in [2.24, 2.45) is 0 Å². The Kier molecular flexibility index (Phi) is 5.38. The fourth-order valence-corrected chi connectivity index (χ4v) is 4.45. The monoisotopic (exact) mass is 407 g/mol. The summed E-state index contributed by atoms with van der Waals surface area (Å²) < 4.78 is 0. The number of nitrogens with one attached hydrogen (secondary N) is 1. The minimum atomic E-state index is 0.218. The van der Waals surface area contributed by atoms with Gasteiger partial charge in [-0.25, -0.2) is 0 Å². The van der Waals surface area contributed by atoms with Gasteiger partial charge in [0.15, 0.2) is 0 Å². The summed E-state index contributed by atoms with van der Waals surface area (Å²) in [7, 11) is 0. The molecule has 0 radical (unpaired) electrons. The Morgan fingerprint density at radius 3 is 1.90 bits per heavy atom. The molecule has 5 rings (SSSR count). The van der Waals surface area contributed by atoms with E-state index in [1.54, 1.807) is 0 Å². The SMILES string of the molecule is O=C1CCCN1c1ccc(CNc2nc(N3CCCC3)nc(N3CCCC3)n2)cc1. The van der Waals surface area contributed by atoms with Crippen LogP contribution in [-0.2, 0) is 11.3 Å². The number of aromatic nitrogens is 3. The van der Waals surface area contributed by atoms with E-state index in [0.29, 0.717) is 18.9 Å². The highest BCUT2D eigenvalue weighted by Gasteiger charge is 2.22. The van der Waals surface area contributed by atoms with E-state index in [1.807, 2.05) is 17.0 Å². The quantitative estimate of drug-likeness (QED) is 0.789. The van der Waals surface area contributed by atoms with Crippen LogP contribution < -0.4 is 20.0 Å². The normalized spacial score (nSPS) is 19.2. The number of anilines is 4. The van der Waals surface area contributed by atoms with Crippen LogP contribution in [0.4, 0.5) is 23.5 Å². The Morgan fingerprint density at radius 1 is 0.767 bits per heavy atom. The Bertz CT molecular complexity index is 855. The molecule has 1 amide bonds. The molecule has 2 aromatic rings. The van der Waals surface area contributed by atoms with Crippen molar-refractivity contribution in [3.63, 3.8) is 0 Å².